The lowest BCUT2D eigenvalue weighted by atomic mass is 10.2. The van der Waals surface area contributed by atoms with Crippen molar-refractivity contribution in [3.05, 3.63) is 30.1 Å². The first-order valence-electron chi connectivity index (χ1n) is 4.82. The minimum absolute atomic E-state index is 1.08. The molecule has 1 heteroatoms. The Hall–Kier alpha value is -0.850. The zero-order chi connectivity index (χ0) is 9.82. The van der Waals surface area contributed by atoms with Gasteiger partial charge >= 0.3 is 0 Å². The maximum absolute atomic E-state index is 3.96. The lowest BCUT2D eigenvalue weighted by Gasteiger charge is -1.88. The first-order valence-corrected chi connectivity index (χ1v) is 4.82. The van der Waals surface area contributed by atoms with Gasteiger partial charge in [0.2, 0.25) is 0 Å². The molecule has 0 aliphatic heterocycles. The van der Waals surface area contributed by atoms with Gasteiger partial charge in [-0.15, -0.1) is 0 Å². The molecular weight excluding hydrogens is 146 g/mol. The SMILES string of the molecule is CC.CC.CCc1cccnc1. The summed E-state index contributed by atoms with van der Waals surface area (Å²) >= 11 is 0. The van der Waals surface area contributed by atoms with E-state index in [-0.39, 0.29) is 0 Å². The van der Waals surface area contributed by atoms with Crippen LogP contribution in [0.2, 0.25) is 0 Å². The van der Waals surface area contributed by atoms with Gasteiger partial charge in [-0.25, -0.2) is 0 Å². The summed E-state index contributed by atoms with van der Waals surface area (Å²) in [5, 5.41) is 0. The van der Waals surface area contributed by atoms with Gasteiger partial charge in [-0.05, 0) is 18.1 Å². The van der Waals surface area contributed by atoms with Crippen LogP contribution >= 0.6 is 0 Å². The predicted octanol–water partition coefficient (Wildman–Crippen LogP) is 3.70. The Morgan fingerprint density at radius 3 is 2.00 bits per heavy atom. The minimum atomic E-state index is 1.08. The molecule has 0 radical (unpaired) electrons. The zero-order valence-corrected chi connectivity index (χ0v) is 8.96. The van der Waals surface area contributed by atoms with Crippen molar-refractivity contribution in [2.24, 2.45) is 0 Å². The van der Waals surface area contributed by atoms with Crippen molar-refractivity contribution in [1.82, 2.24) is 4.98 Å². The zero-order valence-electron chi connectivity index (χ0n) is 8.96. The van der Waals surface area contributed by atoms with Crippen molar-refractivity contribution in [1.29, 1.82) is 0 Å². The highest BCUT2D eigenvalue weighted by Crippen LogP contribution is 1.93. The molecule has 0 aliphatic rings. The minimum Gasteiger partial charge on any atom is -0.264 e. The molecule has 1 aromatic heterocycles. The quantitative estimate of drug-likeness (QED) is 0.621. The molecule has 70 valence electrons. The van der Waals surface area contributed by atoms with Crippen molar-refractivity contribution < 1.29 is 0 Å². The van der Waals surface area contributed by atoms with Gasteiger partial charge in [0, 0.05) is 12.4 Å². The summed E-state index contributed by atoms with van der Waals surface area (Å²) in [6.07, 6.45) is 4.76. The number of rotatable bonds is 1. The molecule has 0 fully saturated rings. The Balaban J connectivity index is 0. The van der Waals surface area contributed by atoms with E-state index in [1.54, 1.807) is 6.20 Å². The molecule has 0 bridgehead atoms. The van der Waals surface area contributed by atoms with Crippen molar-refractivity contribution in [3.8, 4) is 0 Å². The first kappa shape index (κ1) is 13.7. The molecule has 0 spiro atoms. The fourth-order valence-corrected chi connectivity index (χ4v) is 0.607. The van der Waals surface area contributed by atoms with Gasteiger partial charge < -0.3 is 0 Å². The summed E-state index contributed by atoms with van der Waals surface area (Å²) in [6.45, 7) is 10.1. The van der Waals surface area contributed by atoms with Crippen LogP contribution < -0.4 is 0 Å². The highest BCUT2D eigenvalue weighted by molar-refractivity contribution is 5.07. The van der Waals surface area contributed by atoms with E-state index >= 15 is 0 Å². The molecule has 0 N–H and O–H groups in total. The fourth-order valence-electron chi connectivity index (χ4n) is 0.607. The predicted molar refractivity (Wildman–Crippen MR) is 56.3 cm³/mol. The molecule has 0 saturated carbocycles. The molecular formula is C11H21N. The van der Waals surface area contributed by atoms with Crippen molar-refractivity contribution in [2.75, 3.05) is 0 Å². The largest absolute Gasteiger partial charge is 0.264 e. The average Bonchev–Trinajstić information content (AvgIpc) is 2.25. The number of nitrogens with zero attached hydrogens (tertiary/aromatic N) is 1. The van der Waals surface area contributed by atoms with Crippen LogP contribution in [0.4, 0.5) is 0 Å². The molecule has 0 amide bonds. The average molecular weight is 167 g/mol. The third-order valence-corrected chi connectivity index (χ3v) is 1.13. The van der Waals surface area contributed by atoms with Crippen LogP contribution in [0.5, 0.6) is 0 Å². The van der Waals surface area contributed by atoms with Crippen LogP contribution in [0.25, 0.3) is 0 Å². The molecule has 1 nitrogen and oxygen atoms in total. The van der Waals surface area contributed by atoms with E-state index in [1.165, 1.54) is 5.56 Å². The number of aryl methyl sites for hydroxylation is 1. The van der Waals surface area contributed by atoms with Gasteiger partial charge in [-0.1, -0.05) is 40.7 Å². The van der Waals surface area contributed by atoms with Crippen LogP contribution in [-0.2, 0) is 6.42 Å². The number of hydrogen-bond acceptors (Lipinski definition) is 1. The smallest absolute Gasteiger partial charge is 0.0299 e. The lowest BCUT2D eigenvalue weighted by molar-refractivity contribution is 1.10. The van der Waals surface area contributed by atoms with E-state index in [0.717, 1.165) is 6.42 Å². The number of hydrogen-bond donors (Lipinski definition) is 0. The van der Waals surface area contributed by atoms with Gasteiger partial charge in [0.05, 0.1) is 0 Å². The molecule has 1 aromatic rings. The third-order valence-electron chi connectivity index (χ3n) is 1.13. The fraction of sp³-hybridized carbons (Fsp3) is 0.545. The second-order valence-electron chi connectivity index (χ2n) is 1.71. The topological polar surface area (TPSA) is 12.9 Å². The molecule has 0 saturated heterocycles. The molecule has 0 atom stereocenters. The van der Waals surface area contributed by atoms with Gasteiger partial charge in [0.1, 0.15) is 0 Å². The highest BCUT2D eigenvalue weighted by atomic mass is 14.6. The van der Waals surface area contributed by atoms with E-state index in [9.17, 15) is 0 Å². The summed E-state index contributed by atoms with van der Waals surface area (Å²) in [5.74, 6) is 0. The monoisotopic (exact) mass is 167 g/mol. The van der Waals surface area contributed by atoms with Gasteiger partial charge in [0.25, 0.3) is 0 Å². The Morgan fingerprint density at radius 1 is 1.17 bits per heavy atom. The van der Waals surface area contributed by atoms with Gasteiger partial charge in [0.15, 0.2) is 0 Å². The van der Waals surface area contributed by atoms with Crippen molar-refractivity contribution >= 4 is 0 Å². The summed E-state index contributed by atoms with van der Waals surface area (Å²) in [4.78, 5) is 3.96. The molecule has 0 aromatic carbocycles. The highest BCUT2D eigenvalue weighted by Gasteiger charge is 1.81. The molecule has 0 unspecified atom stereocenters. The van der Waals surface area contributed by atoms with Crippen LogP contribution in [0.1, 0.15) is 40.2 Å². The molecule has 12 heavy (non-hydrogen) atoms. The van der Waals surface area contributed by atoms with Crippen LogP contribution in [-0.4, -0.2) is 4.98 Å². The Morgan fingerprint density at radius 2 is 1.75 bits per heavy atom. The molecule has 1 rings (SSSR count). The third kappa shape index (κ3) is 7.26. The Labute approximate surface area is 76.9 Å². The molecule has 0 aliphatic carbocycles. The summed E-state index contributed by atoms with van der Waals surface area (Å²) in [5.41, 5.74) is 1.30. The Bertz CT molecular complexity index is 146. The summed E-state index contributed by atoms with van der Waals surface area (Å²) in [6, 6.07) is 4.03. The van der Waals surface area contributed by atoms with E-state index in [4.69, 9.17) is 0 Å². The second-order valence-corrected chi connectivity index (χ2v) is 1.71. The van der Waals surface area contributed by atoms with E-state index < -0.39 is 0 Å². The lowest BCUT2D eigenvalue weighted by Crippen LogP contribution is -1.77. The first-order chi connectivity index (χ1) is 5.93. The summed E-state index contributed by atoms with van der Waals surface area (Å²) in [7, 11) is 0. The van der Waals surface area contributed by atoms with Crippen LogP contribution in [0.3, 0.4) is 0 Å². The van der Waals surface area contributed by atoms with Crippen LogP contribution in [0, 0.1) is 0 Å². The second kappa shape index (κ2) is 12.8. The molecule has 1 heterocycles. The van der Waals surface area contributed by atoms with Gasteiger partial charge in [-0.2, -0.15) is 0 Å². The van der Waals surface area contributed by atoms with Crippen molar-refractivity contribution in [2.45, 2.75) is 41.0 Å². The standard InChI is InChI=1S/C7H9N.2C2H6/c1-2-7-4-3-5-8-6-7;2*1-2/h3-6H,2H2,1H3;2*1-2H3. The maximum atomic E-state index is 3.96. The van der Waals surface area contributed by atoms with Crippen molar-refractivity contribution in [3.63, 3.8) is 0 Å². The van der Waals surface area contributed by atoms with Crippen LogP contribution in [0.15, 0.2) is 24.5 Å². The van der Waals surface area contributed by atoms with E-state index in [1.807, 2.05) is 40.0 Å². The van der Waals surface area contributed by atoms with Gasteiger partial charge in [-0.3, -0.25) is 4.98 Å². The normalized spacial score (nSPS) is 7.08. The van der Waals surface area contributed by atoms with E-state index in [2.05, 4.69) is 18.0 Å². The number of pyridine rings is 1. The number of aromatic nitrogens is 1. The Kier molecular flexibility index (Phi) is 14.6. The van der Waals surface area contributed by atoms with E-state index in [0.29, 0.717) is 0 Å². The maximum Gasteiger partial charge on any atom is 0.0299 e. The summed E-state index contributed by atoms with van der Waals surface area (Å²) < 4.78 is 0.